The quantitative estimate of drug-likeness (QED) is 0.156. The van der Waals surface area contributed by atoms with Crippen molar-refractivity contribution in [3.8, 4) is 66.8 Å². The van der Waals surface area contributed by atoms with Gasteiger partial charge in [-0.25, -0.2) is 0 Å². The van der Waals surface area contributed by atoms with E-state index >= 15 is 0 Å². The summed E-state index contributed by atoms with van der Waals surface area (Å²) >= 11 is 0. The van der Waals surface area contributed by atoms with Crippen molar-refractivity contribution < 1.29 is 17.7 Å². The van der Waals surface area contributed by atoms with Crippen LogP contribution in [0.4, 0.5) is 0 Å². The second-order valence-electron chi connectivity index (χ2n) is 28.4. The van der Waals surface area contributed by atoms with Gasteiger partial charge in [0.15, 0.2) is 0 Å². The zero-order chi connectivity index (χ0) is 71.2. The normalized spacial score (nSPS) is 12.5. The highest BCUT2D eigenvalue weighted by molar-refractivity contribution is 6.34. The average Bonchev–Trinajstić information content (AvgIpc) is 1.51. The van der Waals surface area contributed by atoms with E-state index in [2.05, 4.69) is 335 Å². The summed E-state index contributed by atoms with van der Waals surface area (Å²) in [7, 11) is 0. The molecule has 0 saturated heterocycles. The summed E-state index contributed by atoms with van der Waals surface area (Å²) in [6.07, 6.45) is 4.57. The highest BCUT2D eigenvalue weighted by atomic mass is 16.3. The molecule has 108 heavy (non-hydrogen) atoms. The number of benzene rings is 19. The monoisotopic (exact) mass is 1380 g/mol. The molecule has 4 heterocycles. The van der Waals surface area contributed by atoms with Crippen LogP contribution >= 0.6 is 0 Å². The molecule has 0 aliphatic carbocycles. The van der Waals surface area contributed by atoms with Crippen LogP contribution in [0.5, 0.6) is 0 Å². The minimum atomic E-state index is 0.849. The predicted octanol–water partition coefficient (Wildman–Crippen LogP) is 28.6. The first-order valence-electron chi connectivity index (χ1n) is 37.2. The van der Waals surface area contributed by atoms with Gasteiger partial charge in [-0.1, -0.05) is 303 Å². The maximum Gasteiger partial charge on any atom is 0.147 e. The van der Waals surface area contributed by atoms with Gasteiger partial charge in [0.2, 0.25) is 0 Å². The van der Waals surface area contributed by atoms with Gasteiger partial charge in [-0.05, 0) is 204 Å². The van der Waals surface area contributed by atoms with Crippen LogP contribution < -0.4 is 10.4 Å². The lowest BCUT2D eigenvalue weighted by atomic mass is 9.84. The minimum absolute atomic E-state index is 0.849. The maximum absolute atomic E-state index is 6.82. The van der Waals surface area contributed by atoms with Gasteiger partial charge < -0.3 is 17.7 Å². The van der Waals surface area contributed by atoms with E-state index in [1.54, 1.807) is 0 Å². The summed E-state index contributed by atoms with van der Waals surface area (Å²) < 4.78 is 26.5. The molecule has 0 fully saturated rings. The van der Waals surface area contributed by atoms with Crippen LogP contribution in [0.15, 0.2) is 357 Å². The molecule has 4 nitrogen and oxygen atoms in total. The van der Waals surface area contributed by atoms with Gasteiger partial charge in [0.05, 0.1) is 5.39 Å². The lowest BCUT2D eigenvalue weighted by Gasteiger charge is -2.19. The summed E-state index contributed by atoms with van der Waals surface area (Å²) in [6.45, 7) is 4.33. The van der Waals surface area contributed by atoms with Gasteiger partial charge in [-0.3, -0.25) is 0 Å². The first kappa shape index (κ1) is 61.4. The standard InChI is InChI=1S/C52H30O2.C52H34O2/c1-2-14-31(15-3-1)47-36-18-6-8-20-38(36)48(39-21-9-7-19-37(39)47)41-29-28-33(34-16-4-5-17-35(34)41)32-26-27-44-46(30-32)54-51-42-23-11-10-22-40(42)49-43-24-12-13-25-45(43)53-52(49)50(44)51;1-3-32-33(4-2)51(40-23-11-10-22-39(40)50(32)31-16-6-5-7-17-31)41-27-26-36(34-18-8-9-19-35(34)41)42-29-45-38-21-13-15-25-48(38)54-52(45)46-30-49-44(28-43(42)46)37-20-12-14-24-47(37)53-49/h1-30H;3-30H,1-2H3/b;32-3+,33-4+. The lowest BCUT2D eigenvalue weighted by Crippen LogP contribution is -2.29. The molecule has 19 aromatic carbocycles. The maximum atomic E-state index is 6.82. The van der Waals surface area contributed by atoms with E-state index < -0.39 is 0 Å². The van der Waals surface area contributed by atoms with Crippen LogP contribution in [0.2, 0.25) is 0 Å². The molecule has 0 amide bonds. The van der Waals surface area contributed by atoms with E-state index in [0.29, 0.717) is 0 Å². The van der Waals surface area contributed by atoms with Crippen LogP contribution in [0.3, 0.4) is 0 Å². The molecule has 0 aliphatic rings. The van der Waals surface area contributed by atoms with E-state index in [1.165, 1.54) is 125 Å². The van der Waals surface area contributed by atoms with E-state index in [1.807, 2.05) is 30.3 Å². The molecule has 0 radical (unpaired) electrons. The molecule has 0 aliphatic heterocycles. The summed E-state index contributed by atoms with van der Waals surface area (Å²) in [5.41, 5.74) is 21.6. The number of hydrogen-bond donors (Lipinski definition) is 0. The Balaban J connectivity index is 0.000000134. The summed E-state index contributed by atoms with van der Waals surface area (Å²) in [5, 5.41) is 28.1. The van der Waals surface area contributed by atoms with Crippen LogP contribution in [0, 0.1) is 0 Å². The number of hydrogen-bond acceptors (Lipinski definition) is 4. The Morgan fingerprint density at radius 2 is 0.565 bits per heavy atom. The van der Waals surface area contributed by atoms with Crippen molar-refractivity contribution in [3.63, 3.8) is 0 Å². The third-order valence-electron chi connectivity index (χ3n) is 22.8. The third kappa shape index (κ3) is 9.17. The predicted molar refractivity (Wildman–Crippen MR) is 457 cm³/mol. The van der Waals surface area contributed by atoms with Crippen molar-refractivity contribution in [2.24, 2.45) is 0 Å². The van der Waals surface area contributed by atoms with Crippen molar-refractivity contribution >= 4 is 175 Å². The van der Waals surface area contributed by atoms with E-state index in [0.717, 1.165) is 115 Å². The topological polar surface area (TPSA) is 52.6 Å². The van der Waals surface area contributed by atoms with Gasteiger partial charge >= 0.3 is 0 Å². The van der Waals surface area contributed by atoms with Gasteiger partial charge in [0.25, 0.3) is 0 Å². The molecule has 0 unspecified atom stereocenters. The highest BCUT2D eigenvalue weighted by Crippen LogP contribution is 2.51. The van der Waals surface area contributed by atoms with Gasteiger partial charge in [-0.15, -0.1) is 0 Å². The van der Waals surface area contributed by atoms with Crippen LogP contribution in [-0.2, 0) is 0 Å². The van der Waals surface area contributed by atoms with Gasteiger partial charge in [0, 0.05) is 48.5 Å². The Morgan fingerprint density at radius 3 is 1.18 bits per heavy atom. The molecule has 0 atom stereocenters. The Morgan fingerprint density at radius 1 is 0.176 bits per heavy atom. The molecule has 0 spiro atoms. The second-order valence-corrected chi connectivity index (χ2v) is 28.4. The zero-order valence-electron chi connectivity index (χ0n) is 59.1. The molecule has 4 heteroatoms. The van der Waals surface area contributed by atoms with Crippen molar-refractivity contribution in [1.82, 2.24) is 0 Å². The summed E-state index contributed by atoms with van der Waals surface area (Å²) in [5.74, 6) is 0. The fraction of sp³-hybridized carbons (Fsp3) is 0.0192. The Hall–Kier alpha value is -14.1. The molecular formula is C104H64O4. The fourth-order valence-corrected chi connectivity index (χ4v) is 18.2. The highest BCUT2D eigenvalue weighted by Gasteiger charge is 2.26. The third-order valence-corrected chi connectivity index (χ3v) is 22.8. The Bertz CT molecular complexity index is 7820. The van der Waals surface area contributed by atoms with Crippen LogP contribution in [0.25, 0.3) is 242 Å². The zero-order valence-corrected chi connectivity index (χ0v) is 59.1. The molecule has 504 valence electrons. The smallest absolute Gasteiger partial charge is 0.147 e. The molecule has 4 aromatic heterocycles. The number of fused-ring (bicyclic) bond motifs is 23. The van der Waals surface area contributed by atoms with Gasteiger partial charge in [-0.2, -0.15) is 0 Å². The number of furan rings is 4. The molecule has 23 aromatic rings. The first-order chi connectivity index (χ1) is 53.5. The SMILES string of the molecule is C/C=c1/c(-c2ccccc2)c2ccccc2c(-c2ccc(-c3cc4c5ccccc5oc4c4cc5oc6ccccc6c5cc34)c3ccccc23)/c1=C/C.c1ccc(-c2c3ccccc3c(-c3ccc(-c4ccc5c(c4)oc4c6ccccc6c6c7ccccc7oc6c54)c4ccccc34)c3ccccc23)cc1. The average molecular weight is 1380 g/mol. The minimum Gasteiger partial charge on any atom is -0.456 e. The van der Waals surface area contributed by atoms with Gasteiger partial charge in [0.1, 0.15) is 44.7 Å². The van der Waals surface area contributed by atoms with Crippen LogP contribution in [-0.4, -0.2) is 0 Å². The molecule has 23 rings (SSSR count). The van der Waals surface area contributed by atoms with Crippen LogP contribution in [0.1, 0.15) is 13.8 Å². The van der Waals surface area contributed by atoms with E-state index in [9.17, 15) is 0 Å². The molecular weight excluding hydrogens is 1310 g/mol. The van der Waals surface area contributed by atoms with Crippen molar-refractivity contribution in [2.45, 2.75) is 13.8 Å². The number of para-hydroxylation sites is 3. The van der Waals surface area contributed by atoms with Crippen molar-refractivity contribution in [1.29, 1.82) is 0 Å². The van der Waals surface area contributed by atoms with Crippen molar-refractivity contribution in [3.05, 3.63) is 350 Å². The molecule has 0 N–H and O–H groups in total. The molecule has 0 bridgehead atoms. The van der Waals surface area contributed by atoms with Crippen molar-refractivity contribution in [2.75, 3.05) is 0 Å². The summed E-state index contributed by atoms with van der Waals surface area (Å²) in [6, 6.07) is 122. The number of rotatable bonds is 6. The lowest BCUT2D eigenvalue weighted by molar-refractivity contribution is 0.665. The van der Waals surface area contributed by atoms with E-state index in [4.69, 9.17) is 17.7 Å². The Labute approximate surface area is 619 Å². The Kier molecular flexibility index (Phi) is 13.8. The van der Waals surface area contributed by atoms with E-state index in [-0.39, 0.29) is 0 Å². The fourth-order valence-electron chi connectivity index (χ4n) is 18.2. The largest absolute Gasteiger partial charge is 0.456 e. The first-order valence-corrected chi connectivity index (χ1v) is 37.2. The molecule has 0 saturated carbocycles. The summed E-state index contributed by atoms with van der Waals surface area (Å²) in [4.78, 5) is 0. The second kappa shape index (κ2) is 24.3.